The van der Waals surface area contributed by atoms with Gasteiger partial charge < -0.3 is 0 Å². The molecule has 0 aliphatic rings. The maximum atomic E-state index is 12.0. The second-order valence-corrected chi connectivity index (χ2v) is 6.04. The maximum Gasteiger partial charge on any atom is 0.164 e. The van der Waals surface area contributed by atoms with E-state index in [1.807, 2.05) is 24.3 Å². The first-order valence-electron chi connectivity index (χ1n) is 5.74. The van der Waals surface area contributed by atoms with Crippen molar-refractivity contribution in [2.75, 3.05) is 0 Å². The van der Waals surface area contributed by atoms with Gasteiger partial charge in [0.1, 0.15) is 0 Å². The lowest BCUT2D eigenvalue weighted by atomic mass is 10.0. The van der Waals surface area contributed by atoms with Gasteiger partial charge >= 0.3 is 0 Å². The predicted octanol–water partition coefficient (Wildman–Crippen LogP) is 5.37. The Hall–Kier alpha value is -0.160. The molecule has 0 heterocycles. The summed E-state index contributed by atoms with van der Waals surface area (Å²) in [5.74, 6) is 0.231. The lowest BCUT2D eigenvalue weighted by Crippen LogP contribution is -2.00. The van der Waals surface area contributed by atoms with Crippen LogP contribution in [0, 0.1) is 3.57 Å². The van der Waals surface area contributed by atoms with Crippen LogP contribution in [0.3, 0.4) is 0 Å². The van der Waals surface area contributed by atoms with Crippen molar-refractivity contribution in [3.05, 3.63) is 44.5 Å². The summed E-state index contributed by atoms with van der Waals surface area (Å²) in [6, 6.07) is 5.87. The minimum atomic E-state index is 0.231. The largest absolute Gasteiger partial charge is 0.294 e. The highest BCUT2D eigenvalue weighted by molar-refractivity contribution is 14.1. The molecule has 0 saturated heterocycles. The number of halogens is 2. The van der Waals surface area contributed by atoms with E-state index in [0.717, 1.165) is 39.3 Å². The van der Waals surface area contributed by atoms with E-state index in [0.29, 0.717) is 6.42 Å². The van der Waals surface area contributed by atoms with Gasteiger partial charge in [0.15, 0.2) is 5.78 Å². The van der Waals surface area contributed by atoms with Gasteiger partial charge in [-0.05, 0) is 60.1 Å². The second-order valence-electron chi connectivity index (χ2n) is 3.94. The molecule has 0 fully saturated rings. The standard InChI is InChI=1S/C14H16BrIO/c1-2-3-4-5-6-7-14(17)12-10-11(16)8-9-13(12)15/h2,8-10H,1,3-7H2. The van der Waals surface area contributed by atoms with Crippen LogP contribution < -0.4 is 0 Å². The van der Waals surface area contributed by atoms with Crippen LogP contribution in [0.4, 0.5) is 0 Å². The zero-order valence-corrected chi connectivity index (χ0v) is 13.5. The highest BCUT2D eigenvalue weighted by Crippen LogP contribution is 2.21. The molecule has 0 aliphatic heterocycles. The van der Waals surface area contributed by atoms with Crippen LogP contribution >= 0.6 is 38.5 Å². The Morgan fingerprint density at radius 3 is 2.82 bits per heavy atom. The third kappa shape index (κ3) is 5.34. The molecule has 0 atom stereocenters. The second kappa shape index (κ2) is 8.03. The number of hydrogen-bond acceptors (Lipinski definition) is 1. The number of unbranched alkanes of at least 4 members (excludes halogenated alkanes) is 3. The molecule has 3 heteroatoms. The predicted molar refractivity (Wildman–Crippen MR) is 84.5 cm³/mol. The summed E-state index contributed by atoms with van der Waals surface area (Å²) in [7, 11) is 0. The molecule has 0 radical (unpaired) electrons. The average molecular weight is 407 g/mol. The Morgan fingerprint density at radius 2 is 2.12 bits per heavy atom. The SMILES string of the molecule is C=CCCCCCC(=O)c1cc(I)ccc1Br. The Kier molecular flexibility index (Phi) is 7.04. The van der Waals surface area contributed by atoms with E-state index in [9.17, 15) is 4.79 Å². The molecule has 0 amide bonds. The van der Waals surface area contributed by atoms with Crippen molar-refractivity contribution in [1.82, 2.24) is 0 Å². The minimum absolute atomic E-state index is 0.231. The molecule has 0 spiro atoms. The van der Waals surface area contributed by atoms with E-state index in [2.05, 4.69) is 45.1 Å². The summed E-state index contributed by atoms with van der Waals surface area (Å²) in [6.07, 6.45) is 6.79. The summed E-state index contributed by atoms with van der Waals surface area (Å²) in [4.78, 5) is 12.0. The highest BCUT2D eigenvalue weighted by atomic mass is 127. The first kappa shape index (κ1) is 14.9. The van der Waals surface area contributed by atoms with Crippen molar-refractivity contribution in [3.63, 3.8) is 0 Å². The van der Waals surface area contributed by atoms with Crippen LogP contribution in [0.5, 0.6) is 0 Å². The summed E-state index contributed by atoms with van der Waals surface area (Å²) in [6.45, 7) is 3.69. The number of Topliss-reactive ketones (excluding diaryl/α,β-unsaturated/α-hetero) is 1. The molecule has 1 aromatic carbocycles. The molecular formula is C14H16BrIO. The number of benzene rings is 1. The molecule has 0 unspecified atom stereocenters. The monoisotopic (exact) mass is 406 g/mol. The molecule has 1 nitrogen and oxygen atoms in total. The van der Waals surface area contributed by atoms with Crippen LogP contribution in [0.1, 0.15) is 42.5 Å². The smallest absolute Gasteiger partial charge is 0.164 e. The van der Waals surface area contributed by atoms with E-state index in [1.54, 1.807) is 0 Å². The number of allylic oxidation sites excluding steroid dienone is 1. The van der Waals surface area contributed by atoms with Crippen LogP contribution in [0.15, 0.2) is 35.3 Å². The Morgan fingerprint density at radius 1 is 1.35 bits per heavy atom. The molecule has 1 rings (SSSR count). The van der Waals surface area contributed by atoms with Crippen molar-refractivity contribution >= 4 is 44.3 Å². The topological polar surface area (TPSA) is 17.1 Å². The zero-order chi connectivity index (χ0) is 12.7. The lowest BCUT2D eigenvalue weighted by Gasteiger charge is -2.04. The molecule has 0 N–H and O–H groups in total. The van der Waals surface area contributed by atoms with Crippen LogP contribution in [-0.2, 0) is 0 Å². The van der Waals surface area contributed by atoms with E-state index >= 15 is 0 Å². The number of rotatable bonds is 7. The Labute approximate surface area is 125 Å². The van der Waals surface area contributed by atoms with Crippen molar-refractivity contribution < 1.29 is 4.79 Å². The van der Waals surface area contributed by atoms with Gasteiger partial charge in [-0.25, -0.2) is 0 Å². The molecule has 1 aromatic rings. The molecule has 0 aliphatic carbocycles. The van der Waals surface area contributed by atoms with Gasteiger partial charge in [-0.15, -0.1) is 6.58 Å². The maximum absolute atomic E-state index is 12.0. The third-order valence-corrected chi connectivity index (χ3v) is 3.90. The fourth-order valence-electron chi connectivity index (χ4n) is 1.60. The minimum Gasteiger partial charge on any atom is -0.294 e. The number of ketones is 1. The van der Waals surface area contributed by atoms with Crippen molar-refractivity contribution in [1.29, 1.82) is 0 Å². The van der Waals surface area contributed by atoms with Gasteiger partial charge in [-0.3, -0.25) is 4.79 Å². The first-order chi connectivity index (χ1) is 8.15. The van der Waals surface area contributed by atoms with Gasteiger partial charge in [0.25, 0.3) is 0 Å². The third-order valence-electron chi connectivity index (χ3n) is 2.54. The van der Waals surface area contributed by atoms with Gasteiger partial charge in [-0.2, -0.15) is 0 Å². The summed E-state index contributed by atoms with van der Waals surface area (Å²) < 4.78 is 2.00. The normalized spacial score (nSPS) is 10.2. The van der Waals surface area contributed by atoms with E-state index in [-0.39, 0.29) is 5.78 Å². The zero-order valence-electron chi connectivity index (χ0n) is 9.72. The van der Waals surface area contributed by atoms with Gasteiger partial charge in [0.2, 0.25) is 0 Å². The van der Waals surface area contributed by atoms with Crippen molar-refractivity contribution in [2.24, 2.45) is 0 Å². The van der Waals surface area contributed by atoms with Crippen molar-refractivity contribution in [2.45, 2.75) is 32.1 Å². The van der Waals surface area contributed by atoms with E-state index in [4.69, 9.17) is 0 Å². The number of carbonyl (C=O) groups is 1. The highest BCUT2D eigenvalue weighted by Gasteiger charge is 2.09. The fraction of sp³-hybridized carbons (Fsp3) is 0.357. The number of hydrogen-bond donors (Lipinski definition) is 0. The van der Waals surface area contributed by atoms with Gasteiger partial charge in [0.05, 0.1) is 0 Å². The number of carbonyl (C=O) groups excluding carboxylic acids is 1. The quantitative estimate of drug-likeness (QED) is 0.257. The first-order valence-corrected chi connectivity index (χ1v) is 7.61. The molecular weight excluding hydrogens is 391 g/mol. The Balaban J connectivity index is 2.46. The van der Waals surface area contributed by atoms with E-state index in [1.165, 1.54) is 0 Å². The molecule has 0 saturated carbocycles. The Bertz CT molecular complexity index is 401. The van der Waals surface area contributed by atoms with Crippen molar-refractivity contribution in [3.8, 4) is 0 Å². The molecule has 0 bridgehead atoms. The molecule has 17 heavy (non-hydrogen) atoms. The van der Waals surface area contributed by atoms with Gasteiger partial charge in [-0.1, -0.05) is 28.4 Å². The van der Waals surface area contributed by atoms with Crippen LogP contribution in [0.25, 0.3) is 0 Å². The molecule has 0 aromatic heterocycles. The molecule has 92 valence electrons. The average Bonchev–Trinajstić information content (AvgIpc) is 2.32. The van der Waals surface area contributed by atoms with Gasteiger partial charge in [0, 0.05) is 20.0 Å². The van der Waals surface area contributed by atoms with Crippen LogP contribution in [-0.4, -0.2) is 5.78 Å². The van der Waals surface area contributed by atoms with Crippen LogP contribution in [0.2, 0.25) is 0 Å². The summed E-state index contributed by atoms with van der Waals surface area (Å²) in [5.41, 5.74) is 0.806. The summed E-state index contributed by atoms with van der Waals surface area (Å²) >= 11 is 5.65. The fourth-order valence-corrected chi connectivity index (χ4v) is 2.56. The summed E-state index contributed by atoms with van der Waals surface area (Å²) in [5, 5.41) is 0. The lowest BCUT2D eigenvalue weighted by molar-refractivity contribution is 0.0978. The van der Waals surface area contributed by atoms with E-state index < -0.39 is 0 Å².